The van der Waals surface area contributed by atoms with Crippen LogP contribution < -0.4 is 15.2 Å². The van der Waals surface area contributed by atoms with Crippen molar-refractivity contribution in [2.24, 2.45) is 5.73 Å². The molecule has 0 amide bonds. The maximum atomic E-state index is 5.87. The van der Waals surface area contributed by atoms with Crippen LogP contribution in [0.3, 0.4) is 0 Å². The van der Waals surface area contributed by atoms with Crippen molar-refractivity contribution in [3.05, 3.63) is 42.2 Å². The Morgan fingerprint density at radius 2 is 2.11 bits per heavy atom. The molecule has 2 N–H and O–H groups in total. The fraction of sp³-hybridized carbons (Fsp3) is 0.357. The molecule has 100 valence electrons. The summed E-state index contributed by atoms with van der Waals surface area (Å²) in [5.74, 6) is 1.60. The Labute approximate surface area is 111 Å². The first-order valence-corrected chi connectivity index (χ1v) is 6.47. The van der Waals surface area contributed by atoms with E-state index in [0.717, 1.165) is 23.5 Å². The number of ether oxygens (including phenoxy) is 2. The van der Waals surface area contributed by atoms with Crippen molar-refractivity contribution in [3.8, 4) is 11.5 Å². The van der Waals surface area contributed by atoms with Crippen LogP contribution in [0.15, 0.2) is 36.7 Å². The molecular formula is C14H17N3O2. The number of rotatable bonds is 3. The van der Waals surface area contributed by atoms with Gasteiger partial charge in [0, 0.05) is 25.4 Å². The van der Waals surface area contributed by atoms with Crippen LogP contribution in [0, 0.1) is 0 Å². The maximum Gasteiger partial charge on any atom is 0.161 e. The minimum atomic E-state index is 0.0205. The average Bonchev–Trinajstić information content (AvgIpc) is 2.85. The maximum absolute atomic E-state index is 5.87. The number of fused-ring (bicyclic) bond motifs is 1. The van der Waals surface area contributed by atoms with E-state index in [1.54, 1.807) is 6.20 Å². The summed E-state index contributed by atoms with van der Waals surface area (Å²) in [6.45, 7) is 1.87. The summed E-state index contributed by atoms with van der Waals surface area (Å²) in [6, 6.07) is 7.88. The number of nitrogens with two attached hydrogens (primary N) is 1. The van der Waals surface area contributed by atoms with Gasteiger partial charge < -0.3 is 15.2 Å². The molecule has 1 atom stereocenters. The third-order valence-electron chi connectivity index (χ3n) is 3.22. The van der Waals surface area contributed by atoms with E-state index in [1.165, 1.54) is 0 Å². The number of aromatic nitrogens is 2. The smallest absolute Gasteiger partial charge is 0.161 e. The molecule has 3 rings (SSSR count). The molecule has 0 aliphatic carbocycles. The number of hydrogen-bond donors (Lipinski definition) is 1. The van der Waals surface area contributed by atoms with Gasteiger partial charge in [0.25, 0.3) is 0 Å². The van der Waals surface area contributed by atoms with E-state index in [1.807, 2.05) is 35.1 Å². The van der Waals surface area contributed by atoms with Gasteiger partial charge in [0.2, 0.25) is 0 Å². The molecule has 2 heterocycles. The Kier molecular flexibility index (Phi) is 3.37. The van der Waals surface area contributed by atoms with Crippen LogP contribution in [0.2, 0.25) is 0 Å². The van der Waals surface area contributed by atoms with Crippen LogP contribution in [0.4, 0.5) is 0 Å². The van der Waals surface area contributed by atoms with Crippen LogP contribution in [0.25, 0.3) is 0 Å². The molecule has 1 aliphatic heterocycles. The summed E-state index contributed by atoms with van der Waals surface area (Å²) in [5, 5.41) is 4.26. The molecule has 0 fully saturated rings. The summed E-state index contributed by atoms with van der Waals surface area (Å²) in [7, 11) is 0. The summed E-state index contributed by atoms with van der Waals surface area (Å²) in [4.78, 5) is 0. The summed E-state index contributed by atoms with van der Waals surface area (Å²) in [6.07, 6.45) is 4.58. The van der Waals surface area contributed by atoms with E-state index >= 15 is 0 Å². The van der Waals surface area contributed by atoms with E-state index in [0.29, 0.717) is 19.8 Å². The monoisotopic (exact) mass is 259 g/mol. The van der Waals surface area contributed by atoms with Crippen LogP contribution >= 0.6 is 0 Å². The Morgan fingerprint density at radius 1 is 1.26 bits per heavy atom. The van der Waals surface area contributed by atoms with Crippen molar-refractivity contribution in [1.29, 1.82) is 0 Å². The minimum absolute atomic E-state index is 0.0205. The van der Waals surface area contributed by atoms with E-state index in [9.17, 15) is 0 Å². The second-order valence-electron chi connectivity index (χ2n) is 4.49. The van der Waals surface area contributed by atoms with Crippen molar-refractivity contribution in [3.63, 3.8) is 0 Å². The molecule has 0 radical (unpaired) electrons. The molecule has 2 aromatic rings. The molecule has 1 unspecified atom stereocenters. The Morgan fingerprint density at radius 3 is 2.84 bits per heavy atom. The minimum Gasteiger partial charge on any atom is -0.490 e. The van der Waals surface area contributed by atoms with Gasteiger partial charge in [-0.2, -0.15) is 5.10 Å². The Balaban J connectivity index is 1.94. The topological polar surface area (TPSA) is 62.3 Å². The molecule has 0 saturated carbocycles. The molecular weight excluding hydrogens is 242 g/mol. The van der Waals surface area contributed by atoms with Gasteiger partial charge in [-0.1, -0.05) is 6.07 Å². The fourth-order valence-electron chi connectivity index (χ4n) is 2.25. The Bertz CT molecular complexity index is 540. The first-order valence-electron chi connectivity index (χ1n) is 6.47. The third kappa shape index (κ3) is 2.42. The average molecular weight is 259 g/mol. The quantitative estimate of drug-likeness (QED) is 0.909. The van der Waals surface area contributed by atoms with E-state index in [-0.39, 0.29) is 6.04 Å². The lowest BCUT2D eigenvalue weighted by Gasteiger charge is -2.17. The summed E-state index contributed by atoms with van der Waals surface area (Å²) >= 11 is 0. The number of benzene rings is 1. The van der Waals surface area contributed by atoms with E-state index in [2.05, 4.69) is 5.10 Å². The highest BCUT2D eigenvalue weighted by Crippen LogP contribution is 2.32. The lowest BCUT2D eigenvalue weighted by atomic mass is 10.1. The third-order valence-corrected chi connectivity index (χ3v) is 3.22. The van der Waals surface area contributed by atoms with Crippen molar-refractivity contribution < 1.29 is 9.47 Å². The molecule has 19 heavy (non-hydrogen) atoms. The highest BCUT2D eigenvalue weighted by molar-refractivity contribution is 5.44. The molecule has 0 spiro atoms. The lowest BCUT2D eigenvalue weighted by Crippen LogP contribution is -2.20. The summed E-state index contributed by atoms with van der Waals surface area (Å²) in [5.41, 5.74) is 6.95. The van der Waals surface area contributed by atoms with Crippen LogP contribution in [0.1, 0.15) is 18.0 Å². The van der Waals surface area contributed by atoms with Crippen LogP contribution in [0.5, 0.6) is 11.5 Å². The molecule has 0 saturated heterocycles. The largest absolute Gasteiger partial charge is 0.490 e. The SMILES string of the molecule is NCC(c1ccc2c(c1)OCCCO2)n1cccn1. The zero-order chi connectivity index (χ0) is 13.1. The van der Waals surface area contributed by atoms with Gasteiger partial charge in [0.15, 0.2) is 11.5 Å². The molecule has 1 aliphatic rings. The predicted octanol–water partition coefficient (Wildman–Crippen LogP) is 1.59. The second-order valence-corrected chi connectivity index (χ2v) is 4.49. The highest BCUT2D eigenvalue weighted by Gasteiger charge is 2.16. The first kappa shape index (κ1) is 12.0. The predicted molar refractivity (Wildman–Crippen MR) is 71.5 cm³/mol. The van der Waals surface area contributed by atoms with Crippen LogP contribution in [-0.2, 0) is 0 Å². The lowest BCUT2D eigenvalue weighted by molar-refractivity contribution is 0.297. The van der Waals surface area contributed by atoms with Gasteiger partial charge in [-0.3, -0.25) is 4.68 Å². The Hall–Kier alpha value is -2.01. The van der Waals surface area contributed by atoms with Crippen molar-refractivity contribution in [2.75, 3.05) is 19.8 Å². The zero-order valence-corrected chi connectivity index (χ0v) is 10.7. The second kappa shape index (κ2) is 5.32. The first-order chi connectivity index (χ1) is 9.38. The number of hydrogen-bond acceptors (Lipinski definition) is 4. The standard InChI is InChI=1S/C14H17N3O2/c15-10-12(17-6-1-5-16-17)11-3-4-13-14(9-11)19-8-2-7-18-13/h1,3-6,9,12H,2,7-8,10,15H2. The number of nitrogens with zero attached hydrogens (tertiary/aromatic N) is 2. The van der Waals surface area contributed by atoms with Crippen molar-refractivity contribution in [1.82, 2.24) is 9.78 Å². The van der Waals surface area contributed by atoms with Crippen LogP contribution in [-0.4, -0.2) is 29.5 Å². The van der Waals surface area contributed by atoms with Crippen molar-refractivity contribution >= 4 is 0 Å². The summed E-state index contributed by atoms with van der Waals surface area (Å²) < 4.78 is 13.2. The van der Waals surface area contributed by atoms with Gasteiger partial charge in [-0.25, -0.2) is 0 Å². The van der Waals surface area contributed by atoms with Gasteiger partial charge in [0.1, 0.15) is 0 Å². The normalized spacial score (nSPS) is 15.8. The van der Waals surface area contributed by atoms with Gasteiger partial charge in [-0.15, -0.1) is 0 Å². The zero-order valence-electron chi connectivity index (χ0n) is 10.7. The van der Waals surface area contributed by atoms with Gasteiger partial charge in [0.05, 0.1) is 19.3 Å². The van der Waals surface area contributed by atoms with E-state index in [4.69, 9.17) is 15.2 Å². The molecule has 1 aromatic heterocycles. The fourth-order valence-corrected chi connectivity index (χ4v) is 2.25. The van der Waals surface area contributed by atoms with E-state index < -0.39 is 0 Å². The van der Waals surface area contributed by atoms with Gasteiger partial charge >= 0.3 is 0 Å². The van der Waals surface area contributed by atoms with Crippen molar-refractivity contribution in [2.45, 2.75) is 12.5 Å². The molecule has 0 bridgehead atoms. The molecule has 1 aromatic carbocycles. The highest BCUT2D eigenvalue weighted by atomic mass is 16.5. The molecule has 5 nitrogen and oxygen atoms in total. The van der Waals surface area contributed by atoms with Gasteiger partial charge in [-0.05, 0) is 23.8 Å². The molecule has 5 heteroatoms.